The Kier molecular flexibility index (Phi) is 8.63. The standard InChI is InChI=1S/C20H32O4/c1-15-7-5-8-16(2)13-19(22)18(17(3)14-21)10-12-20(4,24-23)11-6-9-15/h6-7,11,13,18-19,21-23H,3,5,8-10,12,14H2,1-2,4H3/t18-,19-,20-/m0/s1. The van der Waals surface area contributed by atoms with Crippen molar-refractivity contribution in [2.24, 2.45) is 5.92 Å². The SMILES string of the molecule is C=C(CO)[C@@H]1CC[C@@](C)(OO)C=CCC(C)=CCCC(C)=C[C@@H]1O. The minimum Gasteiger partial charge on any atom is -0.392 e. The Bertz CT molecular complexity index is 504. The van der Waals surface area contributed by atoms with Crippen molar-refractivity contribution in [2.75, 3.05) is 6.61 Å². The zero-order chi connectivity index (χ0) is 18.2. The Hall–Kier alpha value is -1.20. The predicted molar refractivity (Wildman–Crippen MR) is 97.6 cm³/mol. The smallest absolute Gasteiger partial charge is 0.119 e. The fourth-order valence-electron chi connectivity index (χ4n) is 2.95. The van der Waals surface area contributed by atoms with Crippen molar-refractivity contribution in [1.82, 2.24) is 0 Å². The summed E-state index contributed by atoms with van der Waals surface area (Å²) in [6.07, 6.45) is 10.9. The molecule has 136 valence electrons. The minimum absolute atomic E-state index is 0.164. The Balaban J connectivity index is 3.08. The van der Waals surface area contributed by atoms with Crippen LogP contribution in [0.15, 0.2) is 47.6 Å². The lowest BCUT2D eigenvalue weighted by atomic mass is 9.84. The zero-order valence-corrected chi connectivity index (χ0v) is 15.2. The first-order chi connectivity index (χ1) is 11.3. The molecule has 0 saturated carbocycles. The molecule has 4 nitrogen and oxygen atoms in total. The normalized spacial score (nSPS) is 30.2. The van der Waals surface area contributed by atoms with E-state index in [-0.39, 0.29) is 12.5 Å². The largest absolute Gasteiger partial charge is 0.392 e. The van der Waals surface area contributed by atoms with Gasteiger partial charge in [-0.05, 0) is 58.4 Å². The number of allylic oxidation sites excluding steroid dienone is 4. The van der Waals surface area contributed by atoms with Crippen LogP contribution in [0.5, 0.6) is 0 Å². The second kappa shape index (κ2) is 9.94. The maximum atomic E-state index is 10.6. The van der Waals surface area contributed by atoms with Gasteiger partial charge in [0.1, 0.15) is 5.60 Å². The van der Waals surface area contributed by atoms with E-state index in [0.717, 1.165) is 24.8 Å². The highest BCUT2D eigenvalue weighted by molar-refractivity contribution is 5.15. The zero-order valence-electron chi connectivity index (χ0n) is 15.2. The van der Waals surface area contributed by atoms with Crippen molar-refractivity contribution in [2.45, 2.75) is 64.6 Å². The van der Waals surface area contributed by atoms with Crippen molar-refractivity contribution in [1.29, 1.82) is 0 Å². The summed E-state index contributed by atoms with van der Waals surface area (Å²) < 4.78 is 0. The van der Waals surface area contributed by atoms with Crippen LogP contribution in [0.3, 0.4) is 0 Å². The van der Waals surface area contributed by atoms with Gasteiger partial charge in [-0.3, -0.25) is 5.26 Å². The highest BCUT2D eigenvalue weighted by atomic mass is 17.1. The summed E-state index contributed by atoms with van der Waals surface area (Å²) in [6, 6.07) is 0. The monoisotopic (exact) mass is 336 g/mol. The van der Waals surface area contributed by atoms with E-state index in [0.29, 0.717) is 18.4 Å². The first-order valence-electron chi connectivity index (χ1n) is 8.61. The van der Waals surface area contributed by atoms with E-state index in [1.165, 1.54) is 5.57 Å². The molecule has 24 heavy (non-hydrogen) atoms. The first-order valence-corrected chi connectivity index (χ1v) is 8.61. The summed E-state index contributed by atoms with van der Waals surface area (Å²) in [7, 11) is 0. The molecule has 3 atom stereocenters. The van der Waals surface area contributed by atoms with Crippen LogP contribution < -0.4 is 0 Å². The lowest BCUT2D eigenvalue weighted by molar-refractivity contribution is -0.304. The molecule has 3 N–H and O–H groups in total. The molecule has 0 radical (unpaired) electrons. The van der Waals surface area contributed by atoms with Gasteiger partial charge in [0.15, 0.2) is 0 Å². The van der Waals surface area contributed by atoms with Crippen LogP contribution in [0.4, 0.5) is 0 Å². The van der Waals surface area contributed by atoms with Gasteiger partial charge in [-0.15, -0.1) is 0 Å². The quantitative estimate of drug-likeness (QED) is 0.411. The number of rotatable bonds is 3. The van der Waals surface area contributed by atoms with Gasteiger partial charge in [-0.1, -0.05) is 42.0 Å². The van der Waals surface area contributed by atoms with Crippen molar-refractivity contribution in [3.05, 3.63) is 47.6 Å². The summed E-state index contributed by atoms with van der Waals surface area (Å²) in [6.45, 7) is 9.63. The number of aliphatic hydroxyl groups excluding tert-OH is 2. The molecule has 0 unspecified atom stereocenters. The third-order valence-electron chi connectivity index (χ3n) is 4.70. The molecule has 4 heteroatoms. The van der Waals surface area contributed by atoms with Crippen LogP contribution in [0.25, 0.3) is 0 Å². The Labute approximate surface area is 145 Å². The summed E-state index contributed by atoms with van der Waals surface area (Å²) in [5, 5.41) is 29.3. The van der Waals surface area contributed by atoms with Crippen LogP contribution >= 0.6 is 0 Å². The van der Waals surface area contributed by atoms with Gasteiger partial charge in [0.2, 0.25) is 0 Å². The number of hydrogen-bond donors (Lipinski definition) is 3. The van der Waals surface area contributed by atoms with Gasteiger partial charge < -0.3 is 10.2 Å². The van der Waals surface area contributed by atoms with Gasteiger partial charge in [0.25, 0.3) is 0 Å². The Morgan fingerprint density at radius 3 is 2.71 bits per heavy atom. The van der Waals surface area contributed by atoms with E-state index in [1.54, 1.807) is 6.92 Å². The molecule has 0 aliphatic heterocycles. The second-order valence-electron chi connectivity index (χ2n) is 7.06. The molecule has 0 amide bonds. The van der Waals surface area contributed by atoms with E-state index in [2.05, 4.69) is 19.6 Å². The van der Waals surface area contributed by atoms with Gasteiger partial charge >= 0.3 is 0 Å². The van der Waals surface area contributed by atoms with Crippen LogP contribution in [0.2, 0.25) is 0 Å². The van der Waals surface area contributed by atoms with Crippen molar-refractivity contribution in [3.8, 4) is 0 Å². The van der Waals surface area contributed by atoms with Crippen LogP contribution in [0, 0.1) is 5.92 Å². The average Bonchev–Trinajstić information content (AvgIpc) is 2.53. The summed E-state index contributed by atoms with van der Waals surface area (Å²) in [5.41, 5.74) is 2.16. The van der Waals surface area contributed by atoms with Crippen molar-refractivity contribution in [3.63, 3.8) is 0 Å². The fraction of sp³-hybridized carbons (Fsp3) is 0.600. The van der Waals surface area contributed by atoms with Crippen molar-refractivity contribution < 1.29 is 20.4 Å². The Morgan fingerprint density at radius 1 is 1.38 bits per heavy atom. The first kappa shape index (κ1) is 20.8. The lowest BCUT2D eigenvalue weighted by Crippen LogP contribution is -2.29. The van der Waals surface area contributed by atoms with E-state index in [9.17, 15) is 15.5 Å². The van der Waals surface area contributed by atoms with E-state index in [1.807, 2.05) is 25.2 Å². The fourth-order valence-corrected chi connectivity index (χ4v) is 2.95. The molecule has 0 heterocycles. The molecule has 0 saturated heterocycles. The lowest BCUT2D eigenvalue weighted by Gasteiger charge is -2.28. The van der Waals surface area contributed by atoms with E-state index in [4.69, 9.17) is 4.89 Å². The predicted octanol–water partition coefficient (Wildman–Crippen LogP) is 4.17. The maximum Gasteiger partial charge on any atom is 0.119 e. The molecule has 1 aliphatic carbocycles. The number of hydrogen-bond acceptors (Lipinski definition) is 4. The molecule has 0 aromatic rings. The van der Waals surface area contributed by atoms with Gasteiger partial charge in [0, 0.05) is 5.92 Å². The van der Waals surface area contributed by atoms with E-state index >= 15 is 0 Å². The number of aliphatic hydroxyl groups is 2. The maximum absolute atomic E-state index is 10.6. The van der Waals surface area contributed by atoms with Gasteiger partial charge in [0.05, 0.1) is 12.7 Å². The van der Waals surface area contributed by atoms with Crippen molar-refractivity contribution >= 4 is 0 Å². The van der Waals surface area contributed by atoms with Crippen LogP contribution in [-0.4, -0.2) is 33.8 Å². The summed E-state index contributed by atoms with van der Waals surface area (Å²) in [5.74, 6) is -0.270. The molecule has 1 aliphatic rings. The summed E-state index contributed by atoms with van der Waals surface area (Å²) in [4.78, 5) is 4.70. The molecule has 0 aromatic heterocycles. The van der Waals surface area contributed by atoms with E-state index < -0.39 is 11.7 Å². The Morgan fingerprint density at radius 2 is 2.08 bits per heavy atom. The molecule has 0 aromatic carbocycles. The van der Waals surface area contributed by atoms with Crippen LogP contribution in [-0.2, 0) is 4.89 Å². The highest BCUT2D eigenvalue weighted by Crippen LogP contribution is 2.28. The van der Waals surface area contributed by atoms with Crippen LogP contribution in [0.1, 0.15) is 52.9 Å². The topological polar surface area (TPSA) is 69.9 Å². The van der Waals surface area contributed by atoms with Gasteiger partial charge in [-0.25, -0.2) is 4.89 Å². The average molecular weight is 336 g/mol. The molecular formula is C20H32O4. The minimum atomic E-state index is -0.823. The molecule has 0 fully saturated rings. The highest BCUT2D eigenvalue weighted by Gasteiger charge is 2.27. The molecular weight excluding hydrogens is 304 g/mol. The second-order valence-corrected chi connectivity index (χ2v) is 7.06. The third-order valence-corrected chi connectivity index (χ3v) is 4.70. The molecule has 0 spiro atoms. The summed E-state index contributed by atoms with van der Waals surface area (Å²) >= 11 is 0. The third kappa shape index (κ3) is 6.73. The molecule has 1 rings (SSSR count). The molecule has 0 bridgehead atoms. The van der Waals surface area contributed by atoms with Gasteiger partial charge in [-0.2, -0.15) is 0 Å².